The van der Waals surface area contributed by atoms with E-state index in [9.17, 15) is 8.76 Å². The van der Waals surface area contributed by atoms with Crippen molar-refractivity contribution < 1.29 is 8.76 Å². The van der Waals surface area contributed by atoms with E-state index >= 15 is 0 Å². The standard InChI is InChI=1S/C7H12O2S/c1-6-2-4-7(5-3-6)10(8)9/h2,4,6-7H,3,5H2,1H3,(H,8,9)/p-1/t6-,7?/m0/s1. The fourth-order valence-corrected chi connectivity index (χ4v) is 1.64. The molecule has 0 spiro atoms. The van der Waals surface area contributed by atoms with E-state index in [-0.39, 0.29) is 5.25 Å². The lowest BCUT2D eigenvalue weighted by atomic mass is 9.98. The maximum Gasteiger partial charge on any atom is 0.0395 e. The van der Waals surface area contributed by atoms with Crippen molar-refractivity contribution in [1.29, 1.82) is 0 Å². The Bertz CT molecular complexity index is 165. The average molecular weight is 159 g/mol. The first-order chi connectivity index (χ1) is 4.70. The predicted octanol–water partition coefficient (Wildman–Crippen LogP) is 1.22. The van der Waals surface area contributed by atoms with Gasteiger partial charge in [0.15, 0.2) is 0 Å². The van der Waals surface area contributed by atoms with Crippen LogP contribution in [0.3, 0.4) is 0 Å². The van der Waals surface area contributed by atoms with Gasteiger partial charge in [0.1, 0.15) is 0 Å². The third-order valence-corrected chi connectivity index (χ3v) is 2.70. The zero-order valence-electron chi connectivity index (χ0n) is 5.95. The first kappa shape index (κ1) is 7.95. The average Bonchev–Trinajstić information content (AvgIpc) is 1.88. The Morgan fingerprint density at radius 3 is 2.60 bits per heavy atom. The Balaban J connectivity index is 2.53. The second-order valence-electron chi connectivity index (χ2n) is 2.74. The summed E-state index contributed by atoms with van der Waals surface area (Å²) in [6.07, 6.45) is 5.55. The van der Waals surface area contributed by atoms with Crippen LogP contribution in [0.5, 0.6) is 0 Å². The molecule has 0 aromatic carbocycles. The molecule has 0 aromatic heterocycles. The van der Waals surface area contributed by atoms with Gasteiger partial charge >= 0.3 is 0 Å². The van der Waals surface area contributed by atoms with Crippen molar-refractivity contribution in [1.82, 2.24) is 0 Å². The zero-order chi connectivity index (χ0) is 7.56. The molecular weight excluding hydrogens is 148 g/mol. The van der Waals surface area contributed by atoms with Crippen LogP contribution in [0.2, 0.25) is 0 Å². The van der Waals surface area contributed by atoms with E-state index in [4.69, 9.17) is 0 Å². The van der Waals surface area contributed by atoms with Crippen LogP contribution in [0.25, 0.3) is 0 Å². The molecule has 2 unspecified atom stereocenters. The van der Waals surface area contributed by atoms with Crippen molar-refractivity contribution in [2.45, 2.75) is 25.0 Å². The molecular formula is C7H11O2S-. The maximum absolute atomic E-state index is 10.4. The van der Waals surface area contributed by atoms with Gasteiger partial charge in [-0.3, -0.25) is 4.21 Å². The quantitative estimate of drug-likeness (QED) is 0.426. The van der Waals surface area contributed by atoms with Crippen LogP contribution in [0.1, 0.15) is 19.8 Å². The van der Waals surface area contributed by atoms with Gasteiger partial charge in [0.25, 0.3) is 0 Å². The summed E-state index contributed by atoms with van der Waals surface area (Å²) >= 11 is -1.90. The third-order valence-electron chi connectivity index (χ3n) is 1.81. The lowest BCUT2D eigenvalue weighted by Crippen LogP contribution is -2.16. The van der Waals surface area contributed by atoms with Crippen LogP contribution in [-0.2, 0) is 11.1 Å². The van der Waals surface area contributed by atoms with E-state index in [0.717, 1.165) is 12.8 Å². The van der Waals surface area contributed by atoms with Crippen molar-refractivity contribution in [2.24, 2.45) is 5.92 Å². The van der Waals surface area contributed by atoms with Gasteiger partial charge in [-0.2, -0.15) is 0 Å². The minimum absolute atomic E-state index is 0.226. The number of rotatable bonds is 1. The normalized spacial score (nSPS) is 35.8. The Morgan fingerprint density at radius 2 is 2.20 bits per heavy atom. The van der Waals surface area contributed by atoms with E-state index in [1.807, 2.05) is 6.08 Å². The molecule has 2 nitrogen and oxygen atoms in total. The topological polar surface area (TPSA) is 40.1 Å². The van der Waals surface area contributed by atoms with E-state index in [1.165, 1.54) is 0 Å². The zero-order valence-corrected chi connectivity index (χ0v) is 6.76. The second kappa shape index (κ2) is 3.30. The van der Waals surface area contributed by atoms with Gasteiger partial charge in [0, 0.05) is 5.25 Å². The molecule has 0 aliphatic heterocycles. The van der Waals surface area contributed by atoms with Gasteiger partial charge in [0.05, 0.1) is 0 Å². The highest BCUT2D eigenvalue weighted by atomic mass is 32.2. The van der Waals surface area contributed by atoms with Crippen LogP contribution < -0.4 is 0 Å². The Labute approximate surface area is 63.6 Å². The van der Waals surface area contributed by atoms with Gasteiger partial charge < -0.3 is 4.55 Å². The van der Waals surface area contributed by atoms with Gasteiger partial charge in [0.2, 0.25) is 0 Å². The van der Waals surface area contributed by atoms with Crippen LogP contribution in [-0.4, -0.2) is 14.0 Å². The van der Waals surface area contributed by atoms with E-state index in [2.05, 4.69) is 6.92 Å². The molecule has 0 amide bonds. The summed E-state index contributed by atoms with van der Waals surface area (Å²) < 4.78 is 20.8. The molecule has 1 rings (SSSR count). The van der Waals surface area contributed by atoms with Crippen molar-refractivity contribution in [3.8, 4) is 0 Å². The minimum Gasteiger partial charge on any atom is -0.772 e. The molecule has 0 heterocycles. The SMILES string of the molecule is C[C@H]1C=CC(S(=O)[O-])CC1. The van der Waals surface area contributed by atoms with Gasteiger partial charge in [-0.15, -0.1) is 0 Å². The first-order valence-corrected chi connectivity index (χ1v) is 4.60. The smallest absolute Gasteiger partial charge is 0.0395 e. The Morgan fingerprint density at radius 1 is 1.50 bits per heavy atom. The molecule has 0 N–H and O–H groups in total. The predicted molar refractivity (Wildman–Crippen MR) is 40.2 cm³/mol. The van der Waals surface area contributed by atoms with Crippen molar-refractivity contribution in [2.75, 3.05) is 0 Å². The molecule has 0 saturated carbocycles. The lowest BCUT2D eigenvalue weighted by molar-refractivity contribution is 0.509. The van der Waals surface area contributed by atoms with Crippen LogP contribution in [0.4, 0.5) is 0 Å². The fourth-order valence-electron chi connectivity index (χ4n) is 1.09. The molecule has 0 radical (unpaired) electrons. The summed E-state index contributed by atoms with van der Waals surface area (Å²) in [4.78, 5) is 0. The molecule has 58 valence electrons. The number of hydrogen-bond donors (Lipinski definition) is 0. The van der Waals surface area contributed by atoms with Gasteiger partial charge in [-0.25, -0.2) is 0 Å². The van der Waals surface area contributed by atoms with Crippen molar-refractivity contribution in [3.63, 3.8) is 0 Å². The highest BCUT2D eigenvalue weighted by Crippen LogP contribution is 2.19. The fraction of sp³-hybridized carbons (Fsp3) is 0.714. The van der Waals surface area contributed by atoms with E-state index in [0.29, 0.717) is 5.92 Å². The molecule has 10 heavy (non-hydrogen) atoms. The van der Waals surface area contributed by atoms with E-state index < -0.39 is 11.1 Å². The molecule has 1 aliphatic carbocycles. The van der Waals surface area contributed by atoms with Gasteiger partial charge in [-0.05, 0) is 29.8 Å². The summed E-state index contributed by atoms with van der Waals surface area (Å²) in [5, 5.41) is -0.226. The Kier molecular flexibility index (Phi) is 2.63. The number of allylic oxidation sites excluding steroid dienone is 1. The molecule has 3 atom stereocenters. The molecule has 3 heteroatoms. The summed E-state index contributed by atoms with van der Waals surface area (Å²) in [5.74, 6) is 0.555. The van der Waals surface area contributed by atoms with E-state index in [1.54, 1.807) is 6.08 Å². The molecule has 0 saturated heterocycles. The highest BCUT2D eigenvalue weighted by Gasteiger charge is 2.11. The summed E-state index contributed by atoms with van der Waals surface area (Å²) in [6.45, 7) is 2.10. The van der Waals surface area contributed by atoms with Crippen molar-refractivity contribution in [3.05, 3.63) is 12.2 Å². The number of hydrogen-bond acceptors (Lipinski definition) is 2. The molecule has 1 aliphatic rings. The highest BCUT2D eigenvalue weighted by molar-refractivity contribution is 7.80. The maximum atomic E-state index is 10.4. The molecule has 0 aromatic rings. The Hall–Kier alpha value is -0.150. The van der Waals surface area contributed by atoms with Crippen LogP contribution in [0.15, 0.2) is 12.2 Å². The monoisotopic (exact) mass is 159 g/mol. The molecule has 0 fully saturated rings. The summed E-state index contributed by atoms with van der Waals surface area (Å²) in [7, 11) is 0. The largest absolute Gasteiger partial charge is 0.772 e. The lowest BCUT2D eigenvalue weighted by Gasteiger charge is -2.21. The summed E-state index contributed by atoms with van der Waals surface area (Å²) in [5.41, 5.74) is 0. The van der Waals surface area contributed by atoms with Crippen molar-refractivity contribution >= 4 is 11.1 Å². The molecule has 0 bridgehead atoms. The van der Waals surface area contributed by atoms with Crippen LogP contribution >= 0.6 is 0 Å². The summed E-state index contributed by atoms with van der Waals surface area (Å²) in [6, 6.07) is 0. The second-order valence-corrected chi connectivity index (χ2v) is 3.86. The minimum atomic E-state index is -1.90. The van der Waals surface area contributed by atoms with Gasteiger partial charge in [-0.1, -0.05) is 19.1 Å². The van der Waals surface area contributed by atoms with Crippen LogP contribution in [0, 0.1) is 5.92 Å². The third kappa shape index (κ3) is 1.92. The first-order valence-electron chi connectivity index (χ1n) is 3.46.